The van der Waals surface area contributed by atoms with Crippen molar-refractivity contribution in [1.82, 2.24) is 20.0 Å². The summed E-state index contributed by atoms with van der Waals surface area (Å²) in [4.78, 5) is 21.5. The monoisotopic (exact) mass is 274 g/mol. The molecule has 0 atom stereocenters. The number of piperidine rings is 1. The van der Waals surface area contributed by atoms with E-state index < -0.39 is 0 Å². The largest absolute Gasteiger partial charge is 0.354 e. The van der Waals surface area contributed by atoms with Gasteiger partial charge in [0, 0.05) is 24.7 Å². The minimum atomic E-state index is 0.0799. The first-order chi connectivity index (χ1) is 9.78. The average molecular weight is 274 g/mol. The van der Waals surface area contributed by atoms with E-state index in [4.69, 9.17) is 4.52 Å². The predicted octanol–water partition coefficient (Wildman–Crippen LogP) is 1.98. The van der Waals surface area contributed by atoms with Gasteiger partial charge in [0.2, 0.25) is 6.39 Å². The van der Waals surface area contributed by atoms with E-state index in [0.717, 1.165) is 43.9 Å². The number of hydrogen-bond donors (Lipinski definition) is 1. The van der Waals surface area contributed by atoms with E-state index in [1.54, 1.807) is 0 Å². The quantitative estimate of drug-likeness (QED) is 0.928. The molecular weight excluding hydrogens is 256 g/mol. The summed E-state index contributed by atoms with van der Waals surface area (Å²) in [6, 6.07) is 3.84. The van der Waals surface area contributed by atoms with E-state index in [1.807, 2.05) is 17.0 Å². The Morgan fingerprint density at radius 1 is 1.45 bits per heavy atom. The molecule has 2 aromatic heterocycles. The molecule has 20 heavy (non-hydrogen) atoms. The molecule has 0 bridgehead atoms. The lowest BCUT2D eigenvalue weighted by Crippen LogP contribution is -2.38. The molecule has 1 fully saturated rings. The van der Waals surface area contributed by atoms with Crippen molar-refractivity contribution < 1.29 is 9.32 Å². The first kappa shape index (κ1) is 12.9. The van der Waals surface area contributed by atoms with Crippen molar-refractivity contribution in [3.63, 3.8) is 0 Å². The van der Waals surface area contributed by atoms with Gasteiger partial charge in [-0.15, -0.1) is 0 Å². The average Bonchev–Trinajstić information content (AvgIpc) is 3.18. The molecule has 0 aliphatic carbocycles. The number of carbonyl (C=O) groups excluding carboxylic acids is 1. The number of aromatic nitrogens is 3. The Balaban J connectivity index is 1.61. The van der Waals surface area contributed by atoms with E-state index in [9.17, 15) is 4.79 Å². The Kier molecular flexibility index (Phi) is 3.54. The molecule has 1 amide bonds. The molecule has 1 aliphatic heterocycles. The van der Waals surface area contributed by atoms with Gasteiger partial charge in [-0.1, -0.05) is 12.1 Å². The molecule has 3 rings (SSSR count). The number of nitrogens with one attached hydrogen (secondary N) is 1. The highest BCUT2D eigenvalue weighted by Crippen LogP contribution is 2.26. The summed E-state index contributed by atoms with van der Waals surface area (Å²) < 4.78 is 4.78. The van der Waals surface area contributed by atoms with Gasteiger partial charge in [-0.25, -0.2) is 0 Å². The fourth-order valence-electron chi connectivity index (χ4n) is 2.64. The second kappa shape index (κ2) is 5.48. The SMILES string of the molecule is CCc1ccc(C(=O)N2CCC(c3ncon3)CC2)[nH]1. The molecule has 6 heteroatoms. The highest BCUT2D eigenvalue weighted by Gasteiger charge is 2.27. The summed E-state index contributed by atoms with van der Waals surface area (Å²) in [5, 5.41) is 3.89. The number of amides is 1. The zero-order chi connectivity index (χ0) is 13.9. The lowest BCUT2D eigenvalue weighted by Gasteiger charge is -2.30. The summed E-state index contributed by atoms with van der Waals surface area (Å²) in [6.45, 7) is 3.54. The van der Waals surface area contributed by atoms with Gasteiger partial charge in [0.15, 0.2) is 5.82 Å². The highest BCUT2D eigenvalue weighted by atomic mass is 16.5. The van der Waals surface area contributed by atoms with Crippen molar-refractivity contribution in [3.05, 3.63) is 35.7 Å². The van der Waals surface area contributed by atoms with E-state index >= 15 is 0 Å². The van der Waals surface area contributed by atoms with Crippen LogP contribution in [0.15, 0.2) is 23.0 Å². The molecular formula is C14H18N4O2. The molecule has 1 saturated heterocycles. The number of aryl methyl sites for hydroxylation is 1. The zero-order valence-corrected chi connectivity index (χ0v) is 11.5. The van der Waals surface area contributed by atoms with Crippen molar-refractivity contribution >= 4 is 5.91 Å². The van der Waals surface area contributed by atoms with Gasteiger partial charge in [0.25, 0.3) is 5.91 Å². The van der Waals surface area contributed by atoms with Crippen LogP contribution in [0.4, 0.5) is 0 Å². The Hall–Kier alpha value is -2.11. The molecule has 0 unspecified atom stereocenters. The van der Waals surface area contributed by atoms with Crippen LogP contribution in [0.1, 0.15) is 47.7 Å². The van der Waals surface area contributed by atoms with Crippen LogP contribution < -0.4 is 0 Å². The minimum Gasteiger partial charge on any atom is -0.354 e. The first-order valence-electron chi connectivity index (χ1n) is 7.01. The maximum absolute atomic E-state index is 12.4. The number of H-pyrrole nitrogens is 1. The van der Waals surface area contributed by atoms with Crippen LogP contribution in [-0.2, 0) is 6.42 Å². The predicted molar refractivity (Wildman–Crippen MR) is 72.3 cm³/mol. The topological polar surface area (TPSA) is 75.0 Å². The van der Waals surface area contributed by atoms with Gasteiger partial charge in [-0.2, -0.15) is 4.98 Å². The standard InChI is InChI=1S/C14H18N4O2/c1-2-11-3-4-12(16-11)14(19)18-7-5-10(6-8-18)13-15-9-20-17-13/h3-4,9-10,16H,2,5-8H2,1H3. The number of hydrogen-bond acceptors (Lipinski definition) is 4. The van der Waals surface area contributed by atoms with E-state index in [-0.39, 0.29) is 5.91 Å². The zero-order valence-electron chi connectivity index (χ0n) is 11.5. The van der Waals surface area contributed by atoms with E-state index in [2.05, 4.69) is 22.0 Å². The Morgan fingerprint density at radius 2 is 2.25 bits per heavy atom. The minimum absolute atomic E-state index is 0.0799. The third-order valence-electron chi connectivity index (χ3n) is 3.88. The Morgan fingerprint density at radius 3 is 2.85 bits per heavy atom. The van der Waals surface area contributed by atoms with E-state index in [0.29, 0.717) is 11.6 Å². The number of aromatic amines is 1. The molecule has 6 nitrogen and oxygen atoms in total. The van der Waals surface area contributed by atoms with Crippen molar-refractivity contribution in [2.75, 3.05) is 13.1 Å². The van der Waals surface area contributed by atoms with Crippen LogP contribution in [0.25, 0.3) is 0 Å². The second-order valence-electron chi connectivity index (χ2n) is 5.11. The van der Waals surface area contributed by atoms with Gasteiger partial charge < -0.3 is 14.4 Å². The van der Waals surface area contributed by atoms with Crippen LogP contribution >= 0.6 is 0 Å². The lowest BCUT2D eigenvalue weighted by molar-refractivity contribution is 0.0705. The Bertz CT molecular complexity index is 568. The molecule has 0 saturated carbocycles. The number of rotatable bonds is 3. The second-order valence-corrected chi connectivity index (χ2v) is 5.11. The summed E-state index contributed by atoms with van der Waals surface area (Å²) in [6.07, 6.45) is 4.03. The summed E-state index contributed by atoms with van der Waals surface area (Å²) in [5.74, 6) is 1.13. The third kappa shape index (κ3) is 2.45. The fourth-order valence-corrected chi connectivity index (χ4v) is 2.64. The summed E-state index contributed by atoms with van der Waals surface area (Å²) in [7, 11) is 0. The van der Waals surface area contributed by atoms with Crippen molar-refractivity contribution in [2.24, 2.45) is 0 Å². The maximum atomic E-state index is 12.4. The third-order valence-corrected chi connectivity index (χ3v) is 3.88. The van der Waals surface area contributed by atoms with Crippen LogP contribution in [0.5, 0.6) is 0 Å². The van der Waals surface area contributed by atoms with Crippen LogP contribution in [0, 0.1) is 0 Å². The normalized spacial score (nSPS) is 16.6. The van der Waals surface area contributed by atoms with Gasteiger partial charge >= 0.3 is 0 Å². The van der Waals surface area contributed by atoms with Crippen molar-refractivity contribution in [3.8, 4) is 0 Å². The van der Waals surface area contributed by atoms with Gasteiger partial charge in [0.1, 0.15) is 5.69 Å². The maximum Gasteiger partial charge on any atom is 0.270 e. The van der Waals surface area contributed by atoms with Gasteiger partial charge in [0.05, 0.1) is 0 Å². The van der Waals surface area contributed by atoms with Crippen LogP contribution in [-0.4, -0.2) is 39.0 Å². The van der Waals surface area contributed by atoms with Gasteiger partial charge in [-0.3, -0.25) is 4.79 Å². The van der Waals surface area contributed by atoms with Crippen LogP contribution in [0.3, 0.4) is 0 Å². The molecule has 3 heterocycles. The molecule has 106 valence electrons. The summed E-state index contributed by atoms with van der Waals surface area (Å²) in [5.41, 5.74) is 1.77. The Labute approximate surface area is 117 Å². The van der Waals surface area contributed by atoms with Crippen molar-refractivity contribution in [2.45, 2.75) is 32.1 Å². The molecule has 1 N–H and O–H groups in total. The molecule has 0 spiro atoms. The lowest BCUT2D eigenvalue weighted by atomic mass is 9.96. The fraction of sp³-hybridized carbons (Fsp3) is 0.500. The number of nitrogens with zero attached hydrogens (tertiary/aromatic N) is 3. The van der Waals surface area contributed by atoms with Gasteiger partial charge in [-0.05, 0) is 31.4 Å². The molecule has 2 aromatic rings. The molecule has 0 radical (unpaired) electrons. The first-order valence-corrected chi connectivity index (χ1v) is 7.01. The highest BCUT2D eigenvalue weighted by molar-refractivity contribution is 5.92. The smallest absolute Gasteiger partial charge is 0.270 e. The van der Waals surface area contributed by atoms with E-state index in [1.165, 1.54) is 6.39 Å². The molecule has 0 aromatic carbocycles. The van der Waals surface area contributed by atoms with Crippen LogP contribution in [0.2, 0.25) is 0 Å². The summed E-state index contributed by atoms with van der Waals surface area (Å²) >= 11 is 0. The van der Waals surface area contributed by atoms with Crippen molar-refractivity contribution in [1.29, 1.82) is 0 Å². The number of carbonyl (C=O) groups is 1. The molecule has 1 aliphatic rings. The number of likely N-dealkylation sites (tertiary alicyclic amines) is 1.